The van der Waals surface area contributed by atoms with E-state index in [9.17, 15) is 19.2 Å². The molecular formula is C43H65ClCs2I48N6O11-2. The van der Waals surface area contributed by atoms with E-state index in [1.807, 2.05) is 69.2 Å². The Labute approximate surface area is 1110 Å². The van der Waals surface area contributed by atoms with Crippen LogP contribution in [-0.2, 0) is 61.1 Å². The molecule has 0 fully saturated rings. The molecule has 111 heavy (non-hydrogen) atoms. The summed E-state index contributed by atoms with van der Waals surface area (Å²) >= 11 is 85.7. The Morgan fingerprint density at radius 3 is 1.22 bits per heavy atom. The number of nitrogens with one attached hydrogen (secondary N) is 1. The van der Waals surface area contributed by atoms with E-state index in [0.717, 1.165) is 48.5 Å². The standard InChI is InChI=1S/C21H31N3O4.C15H23N3O4.C6H9Cl.CH2O3.2Cs.I43.I5.H/c1-7-9-10-11-12-24-18(19(25)27-8-2)16-14-23(15(3)13-17(16)22-24)20(26)28-21(4,5)6;1-6-21-13(19)12-10-8-18(14(20)22-15(3,4)5)9(2)7-11(10)16-17-12;1-2-3-4-5-6-7;2-1-4-3;;;1-23-25(4)27(6)29(8)31(10)33(12)35(14)37(16)39(18)41(20)43(22)42(21)40(19)38(17)36(15)34(13)32(11)30(9)28(7)26(5)24(2)3;1-4-5(2)3;/h15H,8,10-14H2,1-6H3;9H,6-8H2,1-5H3,(H,16,17);4-6H2,1H3;1,3H;;;;;/q;;;;2*+1;3*-1/p-1/t15-;9-;;;;;;;/m11......./s1. The third-order valence-electron chi connectivity index (χ3n) is 10.1. The van der Waals surface area contributed by atoms with Gasteiger partial charge in [0.1, 0.15) is 11.2 Å². The van der Waals surface area contributed by atoms with Gasteiger partial charge in [-0.3, -0.25) is 14.6 Å². The van der Waals surface area contributed by atoms with Crippen LogP contribution in [0.4, 0.5) is 9.59 Å². The van der Waals surface area contributed by atoms with E-state index in [4.69, 9.17) is 40.6 Å². The van der Waals surface area contributed by atoms with Crippen LogP contribution in [0.2, 0.25) is 0 Å². The molecule has 0 bridgehead atoms. The number of hydrogen-bond acceptors (Lipinski definition) is 13. The number of ether oxygens (including phenoxy) is 4. The van der Waals surface area contributed by atoms with E-state index in [0.29, 0.717) is 57.2 Å². The SMILES string of the molecule is CC#CCCCCl.CC#CCCCn1nc2c(c1C(=O)OCC)CN(C(=O)OC(C)(C)C)[C@H](C)C2.CCOC(=O)c1n[nH]c2c1CN(C(=O)OC(C)(C)C)[C@H](C)C2.I[I-]I(I)I.I[I-]I(I)I(I)I(I)I(I)I(I)I(I)I(I)I(I)I(I)I(I)I(I)I(I)I(I)I(I)I(I)I(I)I(I)I(I)I(I)I(I)I.O=CO[O-].[Cs+].[Cs+].[H-]. The van der Waals surface area contributed by atoms with Gasteiger partial charge in [-0.2, -0.15) is 10.2 Å². The Morgan fingerprint density at radius 2 is 0.901 bits per heavy atom. The van der Waals surface area contributed by atoms with Crippen LogP contribution in [-0.4, -0.2) is 103 Å². The topological polar surface area (TPSA) is 208 Å². The molecule has 680 valence electrons. The van der Waals surface area contributed by atoms with Crippen LogP contribution in [0.3, 0.4) is 0 Å². The summed E-state index contributed by atoms with van der Waals surface area (Å²) in [5.41, 5.74) is 2.72. The number of H-pyrrole nitrogens is 1. The van der Waals surface area contributed by atoms with Crippen LogP contribution in [0.15, 0.2) is 0 Å². The third-order valence-corrected chi connectivity index (χ3v) is 3310. The van der Waals surface area contributed by atoms with Gasteiger partial charge in [0.05, 0.1) is 32.0 Å². The summed E-state index contributed by atoms with van der Waals surface area (Å²) in [5, 5.41) is 20.0. The number of unbranched alkanes of at least 4 members (excludes halogenated alkanes) is 2. The molecule has 0 radical (unpaired) electrons. The molecule has 0 spiro atoms. The molecule has 0 saturated heterocycles. The number of carbonyl (C=O) groups is 5. The van der Waals surface area contributed by atoms with E-state index >= 15 is 0 Å². The molecule has 2 aliphatic heterocycles. The van der Waals surface area contributed by atoms with Gasteiger partial charge >= 0.3 is 820 Å². The number of rotatable bonds is 31. The van der Waals surface area contributed by atoms with E-state index in [2.05, 4.69) is 509 Å². The fourth-order valence-electron chi connectivity index (χ4n) is 6.45. The van der Waals surface area contributed by atoms with E-state index in [1.54, 1.807) is 28.3 Å². The van der Waals surface area contributed by atoms with Crippen molar-refractivity contribution in [2.75, 3.05) is 19.1 Å². The first-order chi connectivity index (χ1) is 50.6. The minimum Gasteiger partial charge on any atom is -1.00 e. The third kappa shape index (κ3) is 65.8. The van der Waals surface area contributed by atoms with Crippen molar-refractivity contribution in [1.29, 1.82) is 0 Å². The molecule has 4 heterocycles. The van der Waals surface area contributed by atoms with Gasteiger partial charge in [0, 0.05) is 67.0 Å². The molecule has 1 N–H and O–H groups in total. The van der Waals surface area contributed by atoms with Crippen molar-refractivity contribution in [1.82, 2.24) is 29.8 Å². The Morgan fingerprint density at radius 1 is 0.568 bits per heavy atom. The number of amides is 2. The van der Waals surface area contributed by atoms with E-state index in [1.165, 1.54) is 0 Å². The number of aryl methyl sites for hydroxylation is 1. The van der Waals surface area contributed by atoms with Gasteiger partial charge in [0.2, 0.25) is 0 Å². The molecule has 2 aromatic heterocycles. The van der Waals surface area contributed by atoms with Crippen molar-refractivity contribution in [2.45, 2.75) is 165 Å². The monoisotopic (exact) mass is 7230 g/mol. The molecule has 68 heteroatoms. The summed E-state index contributed by atoms with van der Waals surface area (Å²) in [5.74, 6) is 11.5. The fraction of sp³-hybridized carbons (Fsp3) is 0.651. The Kier molecular flexibility index (Phi) is 122. The van der Waals surface area contributed by atoms with Crippen molar-refractivity contribution >= 4 is 673 Å². The normalized spacial score (nSPS) is 16.0. The van der Waals surface area contributed by atoms with Crippen LogP contribution < -0.4 is 170 Å². The zero-order valence-corrected chi connectivity index (χ0v) is 175. The molecule has 0 aliphatic carbocycles. The average molecular weight is 7230 g/mol. The predicted molar refractivity (Wildman–Crippen MR) is 872 cm³/mol. The summed E-state index contributed by atoms with van der Waals surface area (Å²) < 4.78 is 22.9. The molecule has 0 aromatic carbocycles. The first-order valence-corrected chi connectivity index (χ1v) is 317. The maximum atomic E-state index is 12.6. The summed E-state index contributed by atoms with van der Waals surface area (Å²) in [7, 11) is -10.3. The first-order valence-electron chi connectivity index (χ1n) is 26.9. The number of fused-ring (bicyclic) bond motifs is 2. The largest absolute Gasteiger partial charge is 1.00 e. The number of aromatic amines is 1. The smallest absolute Gasteiger partial charge is 1.00 e. The zero-order valence-electron chi connectivity index (χ0n) is 59.0. The summed E-state index contributed by atoms with van der Waals surface area (Å²) in [6, 6.07) is -0.0930. The Bertz CT molecular complexity index is 3130. The molecule has 2 atom stereocenters. The average Bonchev–Trinajstić information content (AvgIpc) is 1.62. The van der Waals surface area contributed by atoms with Crippen molar-refractivity contribution < 1.29 is 219 Å². The van der Waals surface area contributed by atoms with Crippen LogP contribution in [0.1, 0.15) is 154 Å². The van der Waals surface area contributed by atoms with Crippen molar-refractivity contribution in [3.8, 4) is 23.7 Å². The van der Waals surface area contributed by atoms with Crippen molar-refractivity contribution in [3.05, 3.63) is 33.9 Å². The molecule has 4 rings (SSSR count). The van der Waals surface area contributed by atoms with Crippen molar-refractivity contribution in [2.24, 2.45) is 0 Å². The number of carbonyl (C=O) groups excluding carboxylic acids is 5. The first kappa shape index (κ1) is 151. The van der Waals surface area contributed by atoms with Crippen LogP contribution in [0.25, 0.3) is 0 Å². The number of esters is 2. The molecule has 17 nitrogen and oxygen atoms in total. The maximum absolute atomic E-state index is 12.6. The number of hydrogen-bond donors (Lipinski definition) is 1. The second-order valence-corrected chi connectivity index (χ2v) is 1080. The number of halogens is 49. The summed E-state index contributed by atoms with van der Waals surface area (Å²) in [6.07, 6.45) is 3.89. The molecular weight excluding hydrogens is 7170 g/mol. The maximum Gasteiger partial charge on any atom is 1.00 e. The van der Waals surface area contributed by atoms with Gasteiger partial charge in [-0.1, -0.05) is 0 Å². The summed E-state index contributed by atoms with van der Waals surface area (Å²) in [6.45, 7) is 23.6. The predicted octanol–water partition coefficient (Wildman–Crippen LogP) is 35.1. The van der Waals surface area contributed by atoms with Crippen LogP contribution >= 0.6 is 643 Å². The van der Waals surface area contributed by atoms with Gasteiger partial charge in [-0.05, 0) is 95.9 Å². The minimum atomic E-state index is -0.578. The van der Waals surface area contributed by atoms with Gasteiger partial charge in [-0.25, -0.2) is 19.2 Å². The second kappa shape index (κ2) is 89.8. The van der Waals surface area contributed by atoms with Gasteiger partial charge in [0.15, 0.2) is 11.4 Å². The van der Waals surface area contributed by atoms with Crippen LogP contribution in [0, 0.1) is 23.7 Å². The van der Waals surface area contributed by atoms with E-state index in [-0.39, 0.29) is 218 Å². The molecule has 0 saturated carbocycles. The Balaban J connectivity index is -0.000000475. The number of nitrogens with zero attached hydrogens (tertiary/aromatic N) is 5. The fourth-order valence-corrected chi connectivity index (χ4v) is 7760. The molecule has 2 amide bonds. The van der Waals surface area contributed by atoms with Crippen molar-refractivity contribution in [3.63, 3.8) is 0 Å². The van der Waals surface area contributed by atoms with E-state index < -0.39 is 173 Å². The van der Waals surface area contributed by atoms with Gasteiger partial charge in [0.25, 0.3) is 6.47 Å². The summed E-state index contributed by atoms with van der Waals surface area (Å²) in [4.78, 5) is 64.0. The number of aromatic nitrogens is 4. The molecule has 2 aliphatic rings. The van der Waals surface area contributed by atoms with Gasteiger partial charge < -0.3 is 40.3 Å². The zero-order chi connectivity index (χ0) is 84.9. The number of alkyl halides is 1. The molecule has 0 unspecified atom stereocenters. The Hall–Kier alpha value is 33.9. The minimum absolute atomic E-state index is 0. The molecule has 2 aromatic rings. The quantitative estimate of drug-likeness (QED) is 0.00859. The van der Waals surface area contributed by atoms with Gasteiger partial charge in [-0.15, -0.1) is 35.3 Å². The van der Waals surface area contributed by atoms with Crippen LogP contribution in [0.5, 0.6) is 0 Å². The second-order valence-electron chi connectivity index (χ2n) is 19.2.